The van der Waals surface area contributed by atoms with Gasteiger partial charge in [-0.25, -0.2) is 4.39 Å². The lowest BCUT2D eigenvalue weighted by Gasteiger charge is -2.30. The number of allylic oxidation sites excluding steroid dienone is 1. The molecule has 0 aliphatic heterocycles. The highest BCUT2D eigenvalue weighted by atomic mass is 35.5. The third-order valence-electron chi connectivity index (χ3n) is 4.66. The summed E-state index contributed by atoms with van der Waals surface area (Å²) in [5.74, 6) is -0.308. The molecule has 0 atom stereocenters. The number of rotatable bonds is 7. The largest absolute Gasteiger partial charge is 0.435 e. The van der Waals surface area contributed by atoms with Gasteiger partial charge in [0, 0.05) is 42.0 Å². The number of halogens is 10. The molecule has 0 radical (unpaired) electrons. The van der Waals surface area contributed by atoms with E-state index in [0.29, 0.717) is 16.1 Å². The van der Waals surface area contributed by atoms with E-state index >= 15 is 0 Å². The van der Waals surface area contributed by atoms with Crippen molar-refractivity contribution in [3.05, 3.63) is 68.3 Å². The maximum atomic E-state index is 14.3. The van der Waals surface area contributed by atoms with E-state index in [0.717, 1.165) is 12.4 Å². The van der Waals surface area contributed by atoms with Crippen LogP contribution in [-0.4, -0.2) is 24.5 Å². The summed E-state index contributed by atoms with van der Waals surface area (Å²) >= 11 is 17.8. The Labute approximate surface area is 209 Å². The Hall–Kier alpha value is -2.50. The molecule has 3 N–H and O–H groups in total. The molecule has 2 aromatic carbocycles. The molecule has 190 valence electrons. The minimum Gasteiger partial charge on any atom is -0.359 e. The van der Waals surface area contributed by atoms with E-state index in [-0.39, 0.29) is 35.8 Å². The lowest BCUT2D eigenvalue weighted by molar-refractivity contribution is -0.348. The standard InChI is InChI=1S/C21H15Cl3F7N3O/c1-10(35)33-8-12-4-11(2-3-15(12)22)13(7-32)9-34-18-16(23)5-14(6-17(18)24)19(25,20(26,27)28)21(29,30)31/h2-7,9,32,34H,8H2,1H3,(H,33,35)/b13-9+,32-7?. The second-order valence-electron chi connectivity index (χ2n) is 7.07. The van der Waals surface area contributed by atoms with Gasteiger partial charge in [0.15, 0.2) is 0 Å². The molecule has 4 nitrogen and oxygen atoms in total. The summed E-state index contributed by atoms with van der Waals surface area (Å²) in [5, 5.41) is 11.5. The summed E-state index contributed by atoms with van der Waals surface area (Å²) in [6.07, 6.45) is -10.6. The van der Waals surface area contributed by atoms with E-state index < -0.39 is 33.6 Å². The summed E-state index contributed by atoms with van der Waals surface area (Å²) in [7, 11) is 0. The van der Waals surface area contributed by atoms with Gasteiger partial charge >= 0.3 is 18.0 Å². The fraction of sp³-hybridized carbons (Fsp3) is 0.238. The average Bonchev–Trinajstić information content (AvgIpc) is 2.73. The summed E-state index contributed by atoms with van der Waals surface area (Å²) < 4.78 is 92.5. The van der Waals surface area contributed by atoms with Gasteiger partial charge in [-0.2, -0.15) is 26.3 Å². The van der Waals surface area contributed by atoms with Crippen molar-refractivity contribution in [2.24, 2.45) is 0 Å². The molecular formula is C21H15Cl3F7N3O. The molecule has 0 aromatic heterocycles. The van der Waals surface area contributed by atoms with Gasteiger partial charge in [0.1, 0.15) is 0 Å². The van der Waals surface area contributed by atoms with Gasteiger partial charge in [-0.3, -0.25) is 4.79 Å². The van der Waals surface area contributed by atoms with Gasteiger partial charge in [-0.15, -0.1) is 0 Å². The summed E-state index contributed by atoms with van der Waals surface area (Å²) in [6, 6.07) is 4.90. The van der Waals surface area contributed by atoms with Crippen molar-refractivity contribution >= 4 is 58.2 Å². The van der Waals surface area contributed by atoms with Crippen molar-refractivity contribution in [1.29, 1.82) is 5.41 Å². The minimum atomic E-state index is -6.33. The number of anilines is 1. The van der Waals surface area contributed by atoms with Crippen LogP contribution in [0.5, 0.6) is 0 Å². The lowest BCUT2D eigenvalue weighted by Crippen LogP contribution is -2.50. The normalized spacial score (nSPS) is 12.9. The summed E-state index contributed by atoms with van der Waals surface area (Å²) in [6.45, 7) is 1.39. The third kappa shape index (κ3) is 6.20. The Morgan fingerprint density at radius 2 is 1.49 bits per heavy atom. The van der Waals surface area contributed by atoms with Crippen LogP contribution in [0.4, 0.5) is 36.4 Å². The Balaban J connectivity index is 2.45. The zero-order valence-electron chi connectivity index (χ0n) is 17.4. The predicted octanol–water partition coefficient (Wildman–Crippen LogP) is 7.67. The molecule has 0 saturated carbocycles. The van der Waals surface area contributed by atoms with Crippen molar-refractivity contribution in [3.63, 3.8) is 0 Å². The number of nitrogens with one attached hydrogen (secondary N) is 3. The van der Waals surface area contributed by atoms with Crippen LogP contribution >= 0.6 is 34.8 Å². The molecular weight excluding hydrogens is 550 g/mol. The first-order valence-corrected chi connectivity index (χ1v) is 10.5. The smallest absolute Gasteiger partial charge is 0.359 e. The van der Waals surface area contributed by atoms with Crippen LogP contribution in [0.15, 0.2) is 36.5 Å². The van der Waals surface area contributed by atoms with E-state index in [1.807, 2.05) is 0 Å². The van der Waals surface area contributed by atoms with Crippen LogP contribution in [0.1, 0.15) is 23.6 Å². The van der Waals surface area contributed by atoms with Crippen molar-refractivity contribution in [3.8, 4) is 0 Å². The minimum absolute atomic E-state index is 0.0865. The van der Waals surface area contributed by atoms with Crippen molar-refractivity contribution in [1.82, 2.24) is 5.32 Å². The molecule has 35 heavy (non-hydrogen) atoms. The monoisotopic (exact) mass is 563 g/mol. The van der Waals surface area contributed by atoms with Crippen LogP contribution in [0.3, 0.4) is 0 Å². The van der Waals surface area contributed by atoms with Crippen molar-refractivity contribution < 1.29 is 35.5 Å². The van der Waals surface area contributed by atoms with Gasteiger partial charge in [0.2, 0.25) is 5.91 Å². The molecule has 0 spiro atoms. The fourth-order valence-corrected chi connectivity index (χ4v) is 3.65. The molecule has 0 unspecified atom stereocenters. The number of hydrogen-bond donors (Lipinski definition) is 3. The highest BCUT2D eigenvalue weighted by molar-refractivity contribution is 6.39. The van der Waals surface area contributed by atoms with E-state index in [2.05, 4.69) is 10.6 Å². The van der Waals surface area contributed by atoms with E-state index in [9.17, 15) is 35.5 Å². The van der Waals surface area contributed by atoms with Crippen molar-refractivity contribution in [2.45, 2.75) is 31.5 Å². The fourth-order valence-electron chi connectivity index (χ4n) is 2.87. The van der Waals surface area contributed by atoms with Gasteiger partial charge in [0.05, 0.1) is 15.7 Å². The molecule has 0 bridgehead atoms. The van der Waals surface area contributed by atoms with Crippen molar-refractivity contribution in [2.75, 3.05) is 5.32 Å². The Bertz CT molecular complexity index is 1130. The highest BCUT2D eigenvalue weighted by Crippen LogP contribution is 2.54. The maximum Gasteiger partial charge on any atom is 0.435 e. The maximum absolute atomic E-state index is 14.3. The van der Waals surface area contributed by atoms with Crippen LogP contribution in [0, 0.1) is 5.41 Å². The molecule has 0 heterocycles. The van der Waals surface area contributed by atoms with E-state index in [4.69, 9.17) is 40.2 Å². The van der Waals surface area contributed by atoms with E-state index in [1.54, 1.807) is 6.07 Å². The Kier molecular flexibility index (Phi) is 8.73. The van der Waals surface area contributed by atoms with Crippen LogP contribution in [-0.2, 0) is 17.0 Å². The first-order chi connectivity index (χ1) is 16.0. The number of benzene rings is 2. The molecule has 0 saturated heterocycles. The second kappa shape index (κ2) is 10.6. The number of alkyl halides is 7. The predicted molar refractivity (Wildman–Crippen MR) is 121 cm³/mol. The first kappa shape index (κ1) is 28.7. The summed E-state index contributed by atoms with van der Waals surface area (Å²) in [5.41, 5.74) is -6.77. The zero-order chi connectivity index (χ0) is 26.8. The summed E-state index contributed by atoms with van der Waals surface area (Å²) in [4.78, 5) is 11.1. The SMILES string of the molecule is CC(=O)NCc1cc(/C(C=N)=C/Nc2c(Cl)cc(C(F)(C(F)(F)F)C(F)(F)F)cc2Cl)ccc1Cl. The third-order valence-corrected chi connectivity index (χ3v) is 5.62. The lowest BCUT2D eigenvalue weighted by atomic mass is 9.94. The average molecular weight is 565 g/mol. The van der Waals surface area contributed by atoms with E-state index in [1.165, 1.54) is 19.1 Å². The molecule has 0 aliphatic rings. The zero-order valence-corrected chi connectivity index (χ0v) is 19.7. The van der Waals surface area contributed by atoms with Crippen LogP contribution < -0.4 is 10.6 Å². The quantitative estimate of drug-likeness (QED) is 0.239. The molecule has 2 rings (SSSR count). The number of carbonyl (C=O) groups excluding carboxylic acids is 1. The highest BCUT2D eigenvalue weighted by Gasteiger charge is 2.73. The molecule has 0 aliphatic carbocycles. The molecule has 2 aromatic rings. The first-order valence-electron chi connectivity index (χ1n) is 9.35. The molecule has 14 heteroatoms. The van der Waals surface area contributed by atoms with Gasteiger partial charge in [-0.1, -0.05) is 40.9 Å². The van der Waals surface area contributed by atoms with Gasteiger partial charge in [-0.05, 0) is 35.4 Å². The number of amides is 1. The second-order valence-corrected chi connectivity index (χ2v) is 8.29. The Morgan fingerprint density at radius 1 is 0.943 bits per heavy atom. The number of carbonyl (C=O) groups is 1. The molecule has 1 amide bonds. The topological polar surface area (TPSA) is 65.0 Å². The number of hydrogen-bond acceptors (Lipinski definition) is 3. The van der Waals surface area contributed by atoms with Gasteiger partial charge in [0.25, 0.3) is 0 Å². The van der Waals surface area contributed by atoms with Crippen LogP contribution in [0.25, 0.3) is 5.57 Å². The van der Waals surface area contributed by atoms with Gasteiger partial charge < -0.3 is 16.0 Å². The molecule has 0 fully saturated rings. The van der Waals surface area contributed by atoms with Crippen LogP contribution in [0.2, 0.25) is 15.1 Å². The Morgan fingerprint density at radius 3 is 1.94 bits per heavy atom.